The van der Waals surface area contributed by atoms with Crippen molar-refractivity contribution < 1.29 is 9.47 Å². The average Bonchev–Trinajstić information content (AvgIpc) is 2.93. The van der Waals surface area contributed by atoms with Crippen molar-refractivity contribution in [2.24, 2.45) is 0 Å². The van der Waals surface area contributed by atoms with Gasteiger partial charge in [-0.25, -0.2) is 0 Å². The lowest BCUT2D eigenvalue weighted by Gasteiger charge is -2.05. The van der Waals surface area contributed by atoms with Gasteiger partial charge in [0.25, 0.3) is 0 Å². The lowest BCUT2D eigenvalue weighted by atomic mass is 10.00. The number of hydrogen-bond donors (Lipinski definition) is 0. The van der Waals surface area contributed by atoms with Crippen LogP contribution >= 0.6 is 0 Å². The van der Waals surface area contributed by atoms with Crippen molar-refractivity contribution >= 4 is 45.8 Å². The molecule has 0 fully saturated rings. The maximum atomic E-state index is 5.28. The highest BCUT2D eigenvalue weighted by Gasteiger charge is 2.01. The van der Waals surface area contributed by atoms with Gasteiger partial charge in [-0.1, -0.05) is 109 Å². The third-order valence-corrected chi connectivity index (χ3v) is 6.35. The summed E-state index contributed by atoms with van der Waals surface area (Å²) in [6, 6.07) is 37.9. The highest BCUT2D eigenvalue weighted by molar-refractivity contribution is 5.94. The molecule has 0 unspecified atom stereocenters. The fourth-order valence-electron chi connectivity index (χ4n) is 4.32. The highest BCUT2D eigenvalue weighted by Crippen LogP contribution is 2.25. The van der Waals surface area contributed by atoms with Gasteiger partial charge in [-0.3, -0.25) is 0 Å². The van der Waals surface area contributed by atoms with E-state index in [2.05, 4.69) is 109 Å². The topological polar surface area (TPSA) is 18.5 Å². The first-order valence-corrected chi connectivity index (χ1v) is 12.0. The minimum atomic E-state index is 0.860. The summed E-state index contributed by atoms with van der Waals surface area (Å²) >= 11 is 0. The monoisotopic (exact) mass is 468 g/mol. The number of rotatable bonds is 6. The molecule has 0 aliphatic rings. The summed E-state index contributed by atoms with van der Waals surface area (Å²) in [6.45, 7) is 0. The van der Waals surface area contributed by atoms with E-state index in [0.29, 0.717) is 0 Å². The van der Waals surface area contributed by atoms with Gasteiger partial charge in [-0.2, -0.15) is 0 Å². The van der Waals surface area contributed by atoms with Crippen molar-refractivity contribution in [3.8, 4) is 11.5 Å². The molecule has 5 aromatic carbocycles. The van der Waals surface area contributed by atoms with Gasteiger partial charge in [0.05, 0.1) is 14.2 Å². The van der Waals surface area contributed by atoms with Crippen LogP contribution in [-0.2, 0) is 0 Å². The van der Waals surface area contributed by atoms with Crippen LogP contribution < -0.4 is 9.47 Å². The molecule has 0 atom stereocenters. The van der Waals surface area contributed by atoms with Crippen LogP contribution in [0.25, 0.3) is 45.8 Å². The molecule has 176 valence electrons. The Bertz CT molecular complexity index is 1400. The molecule has 0 spiro atoms. The number of fused-ring (bicyclic) bond motifs is 4. The van der Waals surface area contributed by atoms with Crippen molar-refractivity contribution in [3.63, 3.8) is 0 Å². The largest absolute Gasteiger partial charge is 0.497 e. The summed E-state index contributed by atoms with van der Waals surface area (Å²) in [5, 5.41) is 4.72. The zero-order chi connectivity index (χ0) is 24.7. The van der Waals surface area contributed by atoms with Gasteiger partial charge < -0.3 is 9.47 Å². The Morgan fingerprint density at radius 1 is 0.389 bits per heavy atom. The van der Waals surface area contributed by atoms with Crippen LogP contribution in [0.1, 0.15) is 22.3 Å². The summed E-state index contributed by atoms with van der Waals surface area (Å²) < 4.78 is 10.6. The van der Waals surface area contributed by atoms with Crippen molar-refractivity contribution in [2.45, 2.75) is 0 Å². The predicted molar refractivity (Wildman–Crippen MR) is 154 cm³/mol. The summed E-state index contributed by atoms with van der Waals surface area (Å²) in [5.41, 5.74) is 4.66. The molecule has 0 amide bonds. The highest BCUT2D eigenvalue weighted by atomic mass is 16.5. The van der Waals surface area contributed by atoms with Crippen LogP contribution in [0.5, 0.6) is 11.5 Å². The Morgan fingerprint density at radius 2 is 0.722 bits per heavy atom. The van der Waals surface area contributed by atoms with E-state index in [1.165, 1.54) is 32.7 Å². The smallest absolute Gasteiger partial charge is 0.118 e. The first-order valence-electron chi connectivity index (χ1n) is 12.0. The molecule has 0 aliphatic carbocycles. The van der Waals surface area contributed by atoms with E-state index in [0.717, 1.165) is 22.6 Å². The fraction of sp³-hybridized carbons (Fsp3) is 0.0588. The standard InChI is InChI=1S/C34H28O2/c1-35-31-19-9-25(10-20-31)13-23-33-27-5-3-6-28(33)16-18-30-8-4-7-29(17-15-27)34(30)24-14-26-11-21-32(36-2)22-12-26/h3-24H,1-2H3/b17-15?,18-16?,23-13-,24-14+. The average molecular weight is 469 g/mol. The van der Waals surface area contributed by atoms with E-state index in [-0.39, 0.29) is 0 Å². The molecule has 0 aromatic heterocycles. The maximum absolute atomic E-state index is 5.28. The molecule has 0 saturated heterocycles. The van der Waals surface area contributed by atoms with E-state index in [9.17, 15) is 0 Å². The van der Waals surface area contributed by atoms with Gasteiger partial charge in [0.2, 0.25) is 0 Å². The number of benzene rings is 4. The third-order valence-electron chi connectivity index (χ3n) is 6.35. The molecule has 5 aromatic rings. The Morgan fingerprint density at radius 3 is 1.03 bits per heavy atom. The first kappa shape index (κ1) is 23.2. The molecule has 0 heterocycles. The van der Waals surface area contributed by atoms with Crippen LogP contribution in [-0.4, -0.2) is 14.2 Å². The van der Waals surface area contributed by atoms with Gasteiger partial charge in [-0.15, -0.1) is 0 Å². The van der Waals surface area contributed by atoms with Gasteiger partial charge in [0, 0.05) is 0 Å². The van der Waals surface area contributed by atoms with Crippen LogP contribution in [0.4, 0.5) is 0 Å². The van der Waals surface area contributed by atoms with Crippen molar-refractivity contribution in [2.75, 3.05) is 14.2 Å². The zero-order valence-corrected chi connectivity index (χ0v) is 20.5. The summed E-state index contributed by atoms with van der Waals surface area (Å²) in [4.78, 5) is 0. The molecule has 4 bridgehead atoms. The first-order chi connectivity index (χ1) is 17.7. The number of methoxy groups -OCH3 is 2. The van der Waals surface area contributed by atoms with Crippen LogP contribution in [0.15, 0.2) is 109 Å². The molecule has 0 aliphatic heterocycles. The molecule has 5 rings (SSSR count). The lowest BCUT2D eigenvalue weighted by molar-refractivity contribution is 0.414. The van der Waals surface area contributed by atoms with E-state index >= 15 is 0 Å². The van der Waals surface area contributed by atoms with Gasteiger partial charge in [0.1, 0.15) is 11.5 Å². The Balaban J connectivity index is 1.59. The Kier molecular flexibility index (Phi) is 6.95. The molecule has 0 N–H and O–H groups in total. The minimum absolute atomic E-state index is 0.860. The molecule has 0 radical (unpaired) electrons. The van der Waals surface area contributed by atoms with Crippen molar-refractivity contribution in [3.05, 3.63) is 131 Å². The van der Waals surface area contributed by atoms with Gasteiger partial charge in [0.15, 0.2) is 0 Å². The normalized spacial score (nSPS) is 11.4. The van der Waals surface area contributed by atoms with Gasteiger partial charge >= 0.3 is 0 Å². The molecular formula is C34H28O2. The summed E-state index contributed by atoms with van der Waals surface area (Å²) in [5.74, 6) is 1.72. The van der Waals surface area contributed by atoms with Crippen LogP contribution in [0.2, 0.25) is 0 Å². The van der Waals surface area contributed by atoms with E-state index in [1.807, 2.05) is 24.3 Å². The Hall–Kier alpha value is -4.56. The lowest BCUT2D eigenvalue weighted by Crippen LogP contribution is -1.82. The van der Waals surface area contributed by atoms with Crippen LogP contribution in [0, 0.1) is 0 Å². The molecule has 36 heavy (non-hydrogen) atoms. The van der Waals surface area contributed by atoms with E-state index in [1.54, 1.807) is 14.2 Å². The summed E-state index contributed by atoms with van der Waals surface area (Å²) in [7, 11) is 3.37. The second kappa shape index (κ2) is 10.8. The number of hydrogen-bond acceptors (Lipinski definition) is 2. The van der Waals surface area contributed by atoms with Crippen molar-refractivity contribution in [1.29, 1.82) is 0 Å². The minimum Gasteiger partial charge on any atom is -0.497 e. The fourth-order valence-corrected chi connectivity index (χ4v) is 4.32. The number of ether oxygens (including phenoxy) is 2. The molecule has 2 heteroatoms. The van der Waals surface area contributed by atoms with Crippen molar-refractivity contribution in [1.82, 2.24) is 0 Å². The second-order valence-corrected chi connectivity index (χ2v) is 8.58. The molecule has 0 saturated carbocycles. The molecular weight excluding hydrogens is 440 g/mol. The molecule has 2 nitrogen and oxygen atoms in total. The second-order valence-electron chi connectivity index (χ2n) is 8.58. The SMILES string of the molecule is COc1ccc(/C=C\c2c3cccc2ccc2cccc(cc3)c2/C=C/c2ccc(OC)cc2)cc1. The van der Waals surface area contributed by atoms with Crippen LogP contribution in [0.3, 0.4) is 0 Å². The van der Waals surface area contributed by atoms with E-state index < -0.39 is 0 Å². The zero-order valence-electron chi connectivity index (χ0n) is 20.5. The third kappa shape index (κ3) is 5.24. The summed E-state index contributed by atoms with van der Waals surface area (Å²) in [6.07, 6.45) is 8.69. The van der Waals surface area contributed by atoms with E-state index in [4.69, 9.17) is 9.47 Å². The Labute approximate surface area is 212 Å². The maximum Gasteiger partial charge on any atom is 0.118 e. The predicted octanol–water partition coefficient (Wildman–Crippen LogP) is 8.91. The quantitative estimate of drug-likeness (QED) is 0.232. The van der Waals surface area contributed by atoms with Gasteiger partial charge in [-0.05, 0) is 68.1 Å².